The minimum absolute atomic E-state index is 0.0347. The molecule has 0 unspecified atom stereocenters. The first-order valence-electron chi connectivity index (χ1n) is 9.24. The van der Waals surface area contributed by atoms with Crippen LogP contribution in [0.1, 0.15) is 40.6 Å². The van der Waals surface area contributed by atoms with Crippen LogP contribution in [-0.4, -0.2) is 15.9 Å². The van der Waals surface area contributed by atoms with Crippen molar-refractivity contribution in [3.63, 3.8) is 0 Å². The highest BCUT2D eigenvalue weighted by atomic mass is 32.1. The van der Waals surface area contributed by atoms with Crippen LogP contribution in [0.15, 0.2) is 29.6 Å². The standard InChI is InChI=1S/C21H17FN6OS2/c1-9(2)14-12(7-23)18(25)27-20-15(14)16(24)17(31-20)19(29)28-21-26-13(8-30-21)10-3-5-11(22)6-4-10/h3-6,8-9H,24H2,1-2H3,(H2,25,27)(H,26,28,29). The Bertz CT molecular complexity index is 1350. The van der Waals surface area contributed by atoms with E-state index in [1.807, 2.05) is 13.8 Å². The lowest BCUT2D eigenvalue weighted by Crippen LogP contribution is -2.12. The molecule has 0 fully saturated rings. The number of carbonyl (C=O) groups excluding carboxylic acids is 1. The van der Waals surface area contributed by atoms with Crippen LogP contribution >= 0.6 is 22.7 Å². The molecule has 5 N–H and O–H groups in total. The number of amides is 1. The maximum Gasteiger partial charge on any atom is 0.269 e. The minimum Gasteiger partial charge on any atom is -0.397 e. The lowest BCUT2D eigenvalue weighted by Gasteiger charge is -2.12. The van der Waals surface area contributed by atoms with Gasteiger partial charge in [-0.05, 0) is 35.7 Å². The number of nitriles is 1. The van der Waals surface area contributed by atoms with E-state index in [0.29, 0.717) is 26.6 Å². The predicted octanol–water partition coefficient (Wildman–Crippen LogP) is 4.97. The van der Waals surface area contributed by atoms with Crippen molar-refractivity contribution in [2.45, 2.75) is 19.8 Å². The number of nitrogen functional groups attached to an aromatic ring is 2. The van der Waals surface area contributed by atoms with Crippen LogP contribution in [0, 0.1) is 17.1 Å². The summed E-state index contributed by atoms with van der Waals surface area (Å²) in [5.74, 6) is -0.669. The number of hydrogen-bond acceptors (Lipinski definition) is 8. The van der Waals surface area contributed by atoms with Crippen LogP contribution in [0.4, 0.5) is 21.0 Å². The van der Waals surface area contributed by atoms with Crippen molar-refractivity contribution in [2.24, 2.45) is 0 Å². The molecule has 0 saturated carbocycles. The van der Waals surface area contributed by atoms with Gasteiger partial charge in [-0.3, -0.25) is 10.1 Å². The van der Waals surface area contributed by atoms with E-state index in [1.54, 1.807) is 17.5 Å². The van der Waals surface area contributed by atoms with Gasteiger partial charge in [0.1, 0.15) is 27.4 Å². The molecule has 0 saturated heterocycles. The Morgan fingerprint density at radius 1 is 1.23 bits per heavy atom. The molecule has 3 aromatic heterocycles. The van der Waals surface area contributed by atoms with Gasteiger partial charge < -0.3 is 11.5 Å². The molecule has 0 atom stereocenters. The number of hydrogen-bond donors (Lipinski definition) is 3. The number of nitrogens with one attached hydrogen (secondary N) is 1. The summed E-state index contributed by atoms with van der Waals surface area (Å²) in [6, 6.07) is 8.04. The number of halogens is 1. The molecule has 31 heavy (non-hydrogen) atoms. The molecule has 7 nitrogen and oxygen atoms in total. The van der Waals surface area contributed by atoms with E-state index < -0.39 is 5.91 Å². The molecule has 1 amide bonds. The van der Waals surface area contributed by atoms with Crippen LogP contribution < -0.4 is 16.8 Å². The molecule has 0 radical (unpaired) electrons. The number of aromatic nitrogens is 2. The van der Waals surface area contributed by atoms with Gasteiger partial charge in [0.25, 0.3) is 5.91 Å². The molecule has 0 aliphatic rings. The third kappa shape index (κ3) is 3.69. The lowest BCUT2D eigenvalue weighted by molar-refractivity contribution is 0.103. The second-order valence-corrected chi connectivity index (χ2v) is 8.93. The fraction of sp³-hybridized carbons (Fsp3) is 0.143. The number of carbonyl (C=O) groups is 1. The van der Waals surface area contributed by atoms with Crippen molar-refractivity contribution in [1.82, 2.24) is 9.97 Å². The Morgan fingerprint density at radius 2 is 1.94 bits per heavy atom. The van der Waals surface area contributed by atoms with Gasteiger partial charge >= 0.3 is 0 Å². The largest absolute Gasteiger partial charge is 0.397 e. The molecule has 1 aromatic carbocycles. The van der Waals surface area contributed by atoms with Crippen molar-refractivity contribution in [2.75, 3.05) is 16.8 Å². The normalized spacial score (nSPS) is 11.1. The van der Waals surface area contributed by atoms with E-state index in [9.17, 15) is 14.4 Å². The number of nitrogens with two attached hydrogens (primary N) is 2. The molecule has 0 bridgehead atoms. The van der Waals surface area contributed by atoms with Gasteiger partial charge in [0, 0.05) is 16.3 Å². The number of benzene rings is 1. The highest BCUT2D eigenvalue weighted by Gasteiger charge is 2.25. The SMILES string of the molecule is CC(C)c1c(C#N)c(N)nc2sc(C(=O)Nc3nc(-c4ccc(F)cc4)cs3)c(N)c12. The Kier molecular flexibility index (Phi) is 5.31. The summed E-state index contributed by atoms with van der Waals surface area (Å²) in [5.41, 5.74) is 14.9. The molecule has 4 aromatic rings. The minimum atomic E-state index is -0.424. The number of rotatable bonds is 4. The Labute approximate surface area is 185 Å². The van der Waals surface area contributed by atoms with E-state index in [-0.39, 0.29) is 33.7 Å². The summed E-state index contributed by atoms with van der Waals surface area (Å²) >= 11 is 2.37. The first kappa shape index (κ1) is 20.7. The van der Waals surface area contributed by atoms with Crippen LogP contribution in [0.3, 0.4) is 0 Å². The van der Waals surface area contributed by atoms with Gasteiger partial charge in [0.15, 0.2) is 5.13 Å². The molecule has 3 heterocycles. The molecule has 0 aliphatic heterocycles. The number of fused-ring (bicyclic) bond motifs is 1. The number of pyridine rings is 1. The van der Waals surface area contributed by atoms with Gasteiger partial charge in [-0.1, -0.05) is 13.8 Å². The van der Waals surface area contributed by atoms with Gasteiger partial charge in [-0.25, -0.2) is 14.4 Å². The summed E-state index contributed by atoms with van der Waals surface area (Å²) in [6.07, 6.45) is 0. The molecule has 156 valence electrons. The number of thiophene rings is 1. The summed E-state index contributed by atoms with van der Waals surface area (Å²) in [6.45, 7) is 3.86. The summed E-state index contributed by atoms with van der Waals surface area (Å²) in [7, 11) is 0. The number of thiazole rings is 1. The quantitative estimate of drug-likeness (QED) is 0.401. The number of nitrogens with zero attached hydrogens (tertiary/aromatic N) is 3. The lowest BCUT2D eigenvalue weighted by atomic mass is 9.95. The van der Waals surface area contributed by atoms with Crippen LogP contribution in [0.2, 0.25) is 0 Å². The fourth-order valence-electron chi connectivity index (χ4n) is 3.30. The summed E-state index contributed by atoms with van der Waals surface area (Å²) in [5, 5.41) is 15.0. The third-order valence-corrected chi connectivity index (χ3v) is 6.56. The van der Waals surface area contributed by atoms with E-state index in [0.717, 1.165) is 16.9 Å². The van der Waals surface area contributed by atoms with Gasteiger partial charge in [0.2, 0.25) is 0 Å². The monoisotopic (exact) mass is 452 g/mol. The van der Waals surface area contributed by atoms with Crippen LogP contribution in [0.5, 0.6) is 0 Å². The van der Waals surface area contributed by atoms with E-state index in [2.05, 4.69) is 21.4 Å². The highest BCUT2D eigenvalue weighted by molar-refractivity contribution is 7.21. The molecule has 4 rings (SSSR count). The van der Waals surface area contributed by atoms with Crippen LogP contribution in [0.25, 0.3) is 21.5 Å². The highest BCUT2D eigenvalue weighted by Crippen LogP contribution is 2.41. The Morgan fingerprint density at radius 3 is 2.58 bits per heavy atom. The smallest absolute Gasteiger partial charge is 0.269 e. The molecular formula is C21H17FN6OS2. The Balaban J connectivity index is 1.69. The average molecular weight is 453 g/mol. The van der Waals surface area contributed by atoms with Crippen LogP contribution in [-0.2, 0) is 0 Å². The first-order valence-corrected chi connectivity index (χ1v) is 10.9. The zero-order valence-electron chi connectivity index (χ0n) is 16.6. The van der Waals surface area contributed by atoms with Crippen molar-refractivity contribution in [3.05, 3.63) is 51.5 Å². The topological polar surface area (TPSA) is 131 Å². The first-order chi connectivity index (χ1) is 14.8. The zero-order chi connectivity index (χ0) is 22.3. The van der Waals surface area contributed by atoms with Gasteiger partial charge in [-0.15, -0.1) is 22.7 Å². The number of anilines is 3. The summed E-state index contributed by atoms with van der Waals surface area (Å²) < 4.78 is 13.1. The second-order valence-electron chi connectivity index (χ2n) is 7.08. The van der Waals surface area contributed by atoms with Crippen molar-refractivity contribution in [3.8, 4) is 17.3 Å². The maximum atomic E-state index is 13.1. The second kappa shape index (κ2) is 7.94. The average Bonchev–Trinajstić information content (AvgIpc) is 3.32. The Hall–Kier alpha value is -3.55. The fourth-order valence-corrected chi connectivity index (χ4v) is 5.03. The zero-order valence-corrected chi connectivity index (χ0v) is 18.2. The van der Waals surface area contributed by atoms with E-state index in [4.69, 9.17) is 11.5 Å². The molecule has 0 spiro atoms. The van der Waals surface area contributed by atoms with Crippen molar-refractivity contribution < 1.29 is 9.18 Å². The van der Waals surface area contributed by atoms with Crippen molar-refractivity contribution >= 4 is 55.4 Å². The molecule has 0 aliphatic carbocycles. The van der Waals surface area contributed by atoms with E-state index >= 15 is 0 Å². The maximum absolute atomic E-state index is 13.1. The molecular weight excluding hydrogens is 435 g/mol. The van der Waals surface area contributed by atoms with Gasteiger partial charge in [-0.2, -0.15) is 5.26 Å². The van der Waals surface area contributed by atoms with E-state index in [1.165, 1.54) is 23.5 Å². The van der Waals surface area contributed by atoms with Gasteiger partial charge in [0.05, 0.1) is 16.9 Å². The predicted molar refractivity (Wildman–Crippen MR) is 123 cm³/mol. The third-order valence-electron chi connectivity index (χ3n) is 4.70. The van der Waals surface area contributed by atoms with Crippen molar-refractivity contribution in [1.29, 1.82) is 5.26 Å². The molecule has 10 heteroatoms. The summed E-state index contributed by atoms with van der Waals surface area (Å²) in [4.78, 5) is 22.4.